The van der Waals surface area contributed by atoms with E-state index < -0.39 is 22.5 Å². The molecule has 3 aromatic rings. The molecule has 0 aliphatic heterocycles. The molecule has 0 unspecified atom stereocenters. The molecule has 0 saturated carbocycles. The van der Waals surface area contributed by atoms with Crippen LogP contribution in [0.3, 0.4) is 0 Å². The highest BCUT2D eigenvalue weighted by Gasteiger charge is 2.30. The van der Waals surface area contributed by atoms with Gasteiger partial charge in [0.05, 0.1) is 17.7 Å². The number of rotatable bonds is 8. The van der Waals surface area contributed by atoms with Crippen LogP contribution in [0.25, 0.3) is 0 Å². The standard InChI is InChI=1S/C25H25Cl2N3O3S/c1-17-12-18(2)25(19(3)13-17)34(32,33)30(15-20-8-10-22(26)11-9-20)16-24(31)29-28-14-21-6-4-5-7-23(21)27/h4-14H,15-16H2,1-3H3,(H,29,31)/b28-14+. The maximum atomic E-state index is 13.7. The molecule has 0 bridgehead atoms. The quantitative estimate of drug-likeness (QED) is 0.327. The molecule has 0 heterocycles. The van der Waals surface area contributed by atoms with E-state index in [1.54, 1.807) is 62.4 Å². The van der Waals surface area contributed by atoms with Gasteiger partial charge < -0.3 is 0 Å². The number of nitrogens with zero attached hydrogens (tertiary/aromatic N) is 2. The van der Waals surface area contributed by atoms with Crippen molar-refractivity contribution in [2.24, 2.45) is 5.10 Å². The van der Waals surface area contributed by atoms with E-state index in [1.807, 2.05) is 19.1 Å². The Labute approximate surface area is 210 Å². The summed E-state index contributed by atoms with van der Waals surface area (Å²) in [6, 6.07) is 17.5. The first-order valence-corrected chi connectivity index (χ1v) is 12.7. The van der Waals surface area contributed by atoms with Crippen LogP contribution >= 0.6 is 23.2 Å². The average molecular weight is 518 g/mol. The maximum Gasteiger partial charge on any atom is 0.255 e. The van der Waals surface area contributed by atoms with Crippen LogP contribution in [0.15, 0.2) is 70.7 Å². The smallest absolute Gasteiger partial charge is 0.255 e. The zero-order valence-corrected chi connectivity index (χ0v) is 21.4. The third-order valence-corrected chi connectivity index (χ3v) is 7.79. The monoisotopic (exact) mass is 517 g/mol. The van der Waals surface area contributed by atoms with Crippen molar-refractivity contribution in [2.45, 2.75) is 32.2 Å². The fraction of sp³-hybridized carbons (Fsp3) is 0.200. The largest absolute Gasteiger partial charge is 0.272 e. The van der Waals surface area contributed by atoms with Crippen molar-refractivity contribution >= 4 is 45.3 Å². The number of hydrogen-bond donors (Lipinski definition) is 1. The Morgan fingerprint density at radius 2 is 1.62 bits per heavy atom. The van der Waals surface area contributed by atoms with Crippen LogP contribution in [0.5, 0.6) is 0 Å². The van der Waals surface area contributed by atoms with Crippen molar-refractivity contribution in [1.82, 2.24) is 9.73 Å². The first-order chi connectivity index (χ1) is 16.1. The molecule has 34 heavy (non-hydrogen) atoms. The summed E-state index contributed by atoms with van der Waals surface area (Å²) in [7, 11) is -4.00. The van der Waals surface area contributed by atoms with Crippen molar-refractivity contribution in [3.63, 3.8) is 0 Å². The van der Waals surface area contributed by atoms with Crippen molar-refractivity contribution in [1.29, 1.82) is 0 Å². The average Bonchev–Trinajstić information content (AvgIpc) is 2.75. The van der Waals surface area contributed by atoms with Crippen LogP contribution < -0.4 is 5.43 Å². The van der Waals surface area contributed by atoms with Gasteiger partial charge in [0, 0.05) is 22.2 Å². The van der Waals surface area contributed by atoms with Crippen molar-refractivity contribution in [3.05, 3.63) is 98.5 Å². The number of hydrogen-bond acceptors (Lipinski definition) is 4. The van der Waals surface area contributed by atoms with Gasteiger partial charge in [-0.05, 0) is 55.7 Å². The Bertz CT molecular complexity index is 1300. The van der Waals surface area contributed by atoms with E-state index in [2.05, 4.69) is 10.5 Å². The second-order valence-electron chi connectivity index (χ2n) is 7.94. The highest BCUT2D eigenvalue weighted by molar-refractivity contribution is 7.89. The number of carbonyl (C=O) groups excluding carboxylic acids is 1. The lowest BCUT2D eigenvalue weighted by molar-refractivity contribution is -0.121. The summed E-state index contributed by atoms with van der Waals surface area (Å²) in [5.41, 5.74) is 5.92. The number of amides is 1. The van der Waals surface area contributed by atoms with E-state index >= 15 is 0 Å². The normalized spacial score (nSPS) is 11.8. The van der Waals surface area contributed by atoms with Crippen LogP contribution in [0.4, 0.5) is 0 Å². The van der Waals surface area contributed by atoms with Crippen LogP contribution in [-0.4, -0.2) is 31.4 Å². The minimum Gasteiger partial charge on any atom is -0.272 e. The molecule has 0 aliphatic rings. The number of sulfonamides is 1. The van der Waals surface area contributed by atoms with Crippen molar-refractivity contribution in [3.8, 4) is 0 Å². The van der Waals surface area contributed by atoms with Gasteiger partial charge in [0.25, 0.3) is 5.91 Å². The number of aryl methyl sites for hydroxylation is 3. The van der Waals surface area contributed by atoms with E-state index in [4.69, 9.17) is 23.2 Å². The Morgan fingerprint density at radius 1 is 1.00 bits per heavy atom. The summed E-state index contributed by atoms with van der Waals surface area (Å²) in [6.45, 7) is 4.99. The van der Waals surface area contributed by atoms with Gasteiger partial charge in [0.15, 0.2) is 0 Å². The lowest BCUT2D eigenvalue weighted by Gasteiger charge is -2.24. The van der Waals surface area contributed by atoms with Crippen LogP contribution in [-0.2, 0) is 21.4 Å². The lowest BCUT2D eigenvalue weighted by Crippen LogP contribution is -2.39. The number of halogens is 2. The summed E-state index contributed by atoms with van der Waals surface area (Å²) < 4.78 is 28.5. The van der Waals surface area contributed by atoms with Gasteiger partial charge in [-0.3, -0.25) is 4.79 Å². The Kier molecular flexibility index (Phi) is 8.49. The number of carbonyl (C=O) groups is 1. The molecule has 0 aliphatic carbocycles. The summed E-state index contributed by atoms with van der Waals surface area (Å²) in [6.07, 6.45) is 1.41. The van der Waals surface area contributed by atoms with Gasteiger partial charge in [0.2, 0.25) is 10.0 Å². The molecule has 0 saturated heterocycles. The van der Waals surface area contributed by atoms with Crippen molar-refractivity contribution in [2.75, 3.05) is 6.54 Å². The van der Waals surface area contributed by atoms with Crippen LogP contribution in [0.1, 0.15) is 27.8 Å². The Morgan fingerprint density at radius 3 is 2.24 bits per heavy atom. The molecular formula is C25H25Cl2N3O3S. The zero-order valence-electron chi connectivity index (χ0n) is 19.0. The molecule has 9 heteroatoms. The molecule has 3 rings (SSSR count). The fourth-order valence-corrected chi connectivity index (χ4v) is 5.78. The summed E-state index contributed by atoms with van der Waals surface area (Å²) >= 11 is 12.1. The van der Waals surface area contributed by atoms with Crippen LogP contribution in [0.2, 0.25) is 10.0 Å². The third kappa shape index (κ3) is 6.45. The minimum atomic E-state index is -4.00. The molecule has 6 nitrogen and oxygen atoms in total. The van der Waals surface area contributed by atoms with E-state index in [9.17, 15) is 13.2 Å². The van der Waals surface area contributed by atoms with E-state index in [0.29, 0.717) is 32.3 Å². The second-order valence-corrected chi connectivity index (χ2v) is 10.7. The fourth-order valence-electron chi connectivity index (χ4n) is 3.67. The first-order valence-electron chi connectivity index (χ1n) is 10.5. The van der Waals surface area contributed by atoms with Crippen molar-refractivity contribution < 1.29 is 13.2 Å². The predicted molar refractivity (Wildman–Crippen MR) is 137 cm³/mol. The third-order valence-electron chi connectivity index (χ3n) is 5.09. The molecule has 0 spiro atoms. The molecule has 3 aromatic carbocycles. The first kappa shape index (κ1) is 25.9. The Balaban J connectivity index is 1.88. The van der Waals surface area contributed by atoms with Gasteiger partial charge in [0.1, 0.15) is 0 Å². The topological polar surface area (TPSA) is 78.8 Å². The molecule has 1 amide bonds. The zero-order chi connectivity index (χ0) is 24.9. The predicted octanol–water partition coefficient (Wildman–Crippen LogP) is 5.26. The molecule has 0 atom stereocenters. The highest BCUT2D eigenvalue weighted by Crippen LogP contribution is 2.26. The molecule has 0 aromatic heterocycles. The molecule has 178 valence electrons. The number of hydrazone groups is 1. The van der Waals surface area contributed by atoms with E-state index in [-0.39, 0.29) is 11.4 Å². The number of nitrogens with one attached hydrogen (secondary N) is 1. The van der Waals surface area contributed by atoms with Crippen LogP contribution in [0, 0.1) is 20.8 Å². The molecule has 0 radical (unpaired) electrons. The van der Waals surface area contributed by atoms with Gasteiger partial charge in [-0.15, -0.1) is 0 Å². The highest BCUT2D eigenvalue weighted by atomic mass is 35.5. The Hall–Kier alpha value is -2.71. The maximum absolute atomic E-state index is 13.7. The lowest BCUT2D eigenvalue weighted by atomic mass is 10.1. The van der Waals surface area contributed by atoms with Gasteiger partial charge in [-0.2, -0.15) is 9.41 Å². The van der Waals surface area contributed by atoms with Gasteiger partial charge in [-0.1, -0.05) is 71.2 Å². The molecule has 1 N–H and O–H groups in total. The second kappa shape index (κ2) is 11.1. The van der Waals surface area contributed by atoms with E-state index in [0.717, 1.165) is 9.87 Å². The summed E-state index contributed by atoms with van der Waals surface area (Å²) in [5, 5.41) is 4.95. The summed E-state index contributed by atoms with van der Waals surface area (Å²) in [5.74, 6) is -0.580. The minimum absolute atomic E-state index is 0.00605. The van der Waals surface area contributed by atoms with Gasteiger partial charge >= 0.3 is 0 Å². The SMILES string of the molecule is Cc1cc(C)c(S(=O)(=O)N(CC(=O)N/N=C/c2ccccc2Cl)Cc2ccc(Cl)cc2)c(C)c1. The molecule has 0 fully saturated rings. The van der Waals surface area contributed by atoms with E-state index in [1.165, 1.54) is 6.21 Å². The molecular weight excluding hydrogens is 493 g/mol. The van der Waals surface area contributed by atoms with Gasteiger partial charge in [-0.25, -0.2) is 13.8 Å². The number of benzene rings is 3. The summed E-state index contributed by atoms with van der Waals surface area (Å²) in [4.78, 5) is 12.9.